The van der Waals surface area contributed by atoms with Gasteiger partial charge in [-0.15, -0.1) is 0 Å². The molecule has 1 heterocycles. The second-order valence-electron chi connectivity index (χ2n) is 4.52. The number of carbonyl (C=O) groups is 2. The largest absolute Gasteiger partial charge is 0.351 e. The fourth-order valence-corrected chi connectivity index (χ4v) is 2.13. The number of amides is 3. The van der Waals surface area contributed by atoms with E-state index >= 15 is 0 Å². The molecule has 0 bridgehead atoms. The summed E-state index contributed by atoms with van der Waals surface area (Å²) in [4.78, 5) is 23.1. The van der Waals surface area contributed by atoms with E-state index in [1.165, 1.54) is 6.42 Å². The summed E-state index contributed by atoms with van der Waals surface area (Å²) in [5.74, 6) is -0.230. The molecule has 2 rings (SSSR count). The molecule has 1 aliphatic heterocycles. The first-order chi connectivity index (χ1) is 9.16. The van der Waals surface area contributed by atoms with E-state index in [4.69, 9.17) is 5.73 Å². The van der Waals surface area contributed by atoms with Crippen LogP contribution in [0.3, 0.4) is 0 Å². The fraction of sp³-hybridized carbons (Fsp3) is 0.385. The Morgan fingerprint density at radius 1 is 1.11 bits per heavy atom. The molecule has 102 valence electrons. The van der Waals surface area contributed by atoms with Gasteiger partial charge in [0.25, 0.3) is 5.91 Å². The fourth-order valence-electron chi connectivity index (χ4n) is 2.13. The van der Waals surface area contributed by atoms with Crippen molar-refractivity contribution < 1.29 is 9.59 Å². The number of benzene rings is 1. The number of carbonyl (C=O) groups excluding carboxylic acids is 2. The number of nitrogens with two attached hydrogens (primary N) is 1. The van der Waals surface area contributed by atoms with Gasteiger partial charge in [0, 0.05) is 13.1 Å². The second kappa shape index (κ2) is 6.19. The number of para-hydroxylation sites is 1. The molecular formula is C13H18N4O2. The Kier molecular flexibility index (Phi) is 4.35. The highest BCUT2D eigenvalue weighted by Crippen LogP contribution is 2.15. The van der Waals surface area contributed by atoms with Crippen LogP contribution in [0.2, 0.25) is 0 Å². The maximum absolute atomic E-state index is 12.2. The van der Waals surface area contributed by atoms with Crippen molar-refractivity contribution in [2.75, 3.05) is 18.4 Å². The molecule has 6 heteroatoms. The molecule has 1 aromatic carbocycles. The van der Waals surface area contributed by atoms with E-state index in [0.717, 1.165) is 25.9 Å². The number of hydrazine groups is 1. The standard InChI is InChI=1S/C13H18N4O2/c14-13(19)15-11-7-3-2-6-10(11)12(18)16-17-8-4-1-5-9-17/h2-3,6-7H,1,4-5,8-9H2,(H,16,18)(H3,14,15,19). The molecule has 0 aliphatic carbocycles. The molecule has 0 atom stereocenters. The third kappa shape index (κ3) is 3.69. The highest BCUT2D eigenvalue weighted by Gasteiger charge is 2.16. The minimum Gasteiger partial charge on any atom is -0.351 e. The maximum atomic E-state index is 12.2. The van der Waals surface area contributed by atoms with E-state index in [0.29, 0.717) is 11.3 Å². The van der Waals surface area contributed by atoms with Crippen molar-refractivity contribution in [2.45, 2.75) is 19.3 Å². The summed E-state index contributed by atoms with van der Waals surface area (Å²) in [5, 5.41) is 4.36. The second-order valence-corrected chi connectivity index (χ2v) is 4.52. The summed E-state index contributed by atoms with van der Waals surface area (Å²) in [5.41, 5.74) is 8.77. The lowest BCUT2D eigenvalue weighted by Gasteiger charge is -2.27. The van der Waals surface area contributed by atoms with Crippen LogP contribution < -0.4 is 16.5 Å². The van der Waals surface area contributed by atoms with Crippen molar-refractivity contribution >= 4 is 17.6 Å². The van der Waals surface area contributed by atoms with Gasteiger partial charge in [0.2, 0.25) is 0 Å². The number of urea groups is 1. The lowest BCUT2D eigenvalue weighted by atomic mass is 10.1. The zero-order valence-electron chi connectivity index (χ0n) is 10.7. The molecule has 1 aromatic rings. The van der Waals surface area contributed by atoms with E-state index in [1.54, 1.807) is 24.3 Å². The molecule has 0 spiro atoms. The van der Waals surface area contributed by atoms with Crippen molar-refractivity contribution in [3.8, 4) is 0 Å². The Bertz CT molecular complexity index is 469. The van der Waals surface area contributed by atoms with Crippen LogP contribution in [0.15, 0.2) is 24.3 Å². The number of nitrogens with zero attached hydrogens (tertiary/aromatic N) is 1. The molecule has 1 fully saturated rings. The van der Waals surface area contributed by atoms with Gasteiger partial charge in [0.05, 0.1) is 11.3 Å². The Morgan fingerprint density at radius 3 is 2.47 bits per heavy atom. The van der Waals surface area contributed by atoms with Crippen LogP contribution in [-0.4, -0.2) is 30.0 Å². The number of piperidine rings is 1. The zero-order chi connectivity index (χ0) is 13.7. The number of hydrogen-bond acceptors (Lipinski definition) is 3. The van der Waals surface area contributed by atoms with Gasteiger partial charge in [-0.3, -0.25) is 10.2 Å². The van der Waals surface area contributed by atoms with Gasteiger partial charge in [0.1, 0.15) is 0 Å². The summed E-state index contributed by atoms with van der Waals surface area (Å²) >= 11 is 0. The predicted octanol–water partition coefficient (Wildman–Crippen LogP) is 1.31. The van der Waals surface area contributed by atoms with Crippen LogP contribution in [0.4, 0.5) is 10.5 Å². The van der Waals surface area contributed by atoms with Gasteiger partial charge in [-0.2, -0.15) is 0 Å². The van der Waals surface area contributed by atoms with Gasteiger partial charge in [-0.05, 0) is 25.0 Å². The molecule has 6 nitrogen and oxygen atoms in total. The Morgan fingerprint density at radius 2 is 1.79 bits per heavy atom. The highest BCUT2D eigenvalue weighted by atomic mass is 16.2. The normalized spacial score (nSPS) is 15.8. The average molecular weight is 262 g/mol. The summed E-state index contributed by atoms with van der Waals surface area (Å²) < 4.78 is 0. The quantitative estimate of drug-likeness (QED) is 0.767. The van der Waals surface area contributed by atoms with E-state index in [2.05, 4.69) is 10.7 Å². The summed E-state index contributed by atoms with van der Waals surface area (Å²) in [6.45, 7) is 1.72. The van der Waals surface area contributed by atoms with E-state index in [9.17, 15) is 9.59 Å². The Balaban J connectivity index is 2.07. The first-order valence-corrected chi connectivity index (χ1v) is 6.38. The maximum Gasteiger partial charge on any atom is 0.316 e. The summed E-state index contributed by atoms with van der Waals surface area (Å²) in [6.07, 6.45) is 3.37. The Hall–Kier alpha value is -2.08. The van der Waals surface area contributed by atoms with E-state index in [-0.39, 0.29) is 5.91 Å². The SMILES string of the molecule is NC(=O)Nc1ccccc1C(=O)NN1CCCCC1. The molecule has 0 aromatic heterocycles. The van der Waals surface area contributed by atoms with Crippen molar-refractivity contribution in [3.63, 3.8) is 0 Å². The van der Waals surface area contributed by atoms with Gasteiger partial charge in [0.15, 0.2) is 0 Å². The molecule has 0 unspecified atom stereocenters. The van der Waals surface area contributed by atoms with Crippen LogP contribution in [0, 0.1) is 0 Å². The zero-order valence-corrected chi connectivity index (χ0v) is 10.7. The molecular weight excluding hydrogens is 244 g/mol. The van der Waals surface area contributed by atoms with Crippen LogP contribution in [-0.2, 0) is 0 Å². The smallest absolute Gasteiger partial charge is 0.316 e. The summed E-state index contributed by atoms with van der Waals surface area (Å²) in [7, 11) is 0. The molecule has 0 saturated carbocycles. The molecule has 1 aliphatic rings. The monoisotopic (exact) mass is 262 g/mol. The lowest BCUT2D eigenvalue weighted by Crippen LogP contribution is -2.45. The number of primary amides is 1. The van der Waals surface area contributed by atoms with Crippen LogP contribution >= 0.6 is 0 Å². The third-order valence-electron chi connectivity index (χ3n) is 3.05. The third-order valence-corrected chi connectivity index (χ3v) is 3.05. The van der Waals surface area contributed by atoms with Gasteiger partial charge in [-0.1, -0.05) is 18.6 Å². The minimum atomic E-state index is -0.682. The van der Waals surface area contributed by atoms with Crippen LogP contribution in [0.25, 0.3) is 0 Å². The molecule has 1 saturated heterocycles. The van der Waals surface area contributed by atoms with Gasteiger partial charge < -0.3 is 11.1 Å². The molecule has 3 amide bonds. The van der Waals surface area contributed by atoms with Crippen molar-refractivity contribution in [1.29, 1.82) is 0 Å². The molecule has 19 heavy (non-hydrogen) atoms. The Labute approximate surface area is 111 Å². The number of anilines is 1. The van der Waals surface area contributed by atoms with Crippen molar-refractivity contribution in [2.24, 2.45) is 5.73 Å². The average Bonchev–Trinajstić information content (AvgIpc) is 2.39. The summed E-state index contributed by atoms with van der Waals surface area (Å²) in [6, 6.07) is 6.11. The van der Waals surface area contributed by atoms with Crippen molar-refractivity contribution in [3.05, 3.63) is 29.8 Å². The number of rotatable bonds is 3. The topological polar surface area (TPSA) is 87.5 Å². The van der Waals surface area contributed by atoms with Gasteiger partial charge >= 0.3 is 6.03 Å². The first kappa shape index (κ1) is 13.4. The predicted molar refractivity (Wildman–Crippen MR) is 72.5 cm³/mol. The van der Waals surface area contributed by atoms with E-state index in [1.807, 2.05) is 5.01 Å². The molecule has 4 N–H and O–H groups in total. The number of nitrogens with one attached hydrogen (secondary N) is 2. The lowest BCUT2D eigenvalue weighted by molar-refractivity contribution is 0.0751. The molecule has 0 radical (unpaired) electrons. The van der Waals surface area contributed by atoms with Crippen LogP contribution in [0.5, 0.6) is 0 Å². The number of hydrogen-bond donors (Lipinski definition) is 3. The highest BCUT2D eigenvalue weighted by molar-refractivity contribution is 6.02. The van der Waals surface area contributed by atoms with E-state index < -0.39 is 6.03 Å². The van der Waals surface area contributed by atoms with Crippen LogP contribution in [0.1, 0.15) is 29.6 Å². The first-order valence-electron chi connectivity index (χ1n) is 6.38. The minimum absolute atomic E-state index is 0.230. The van der Waals surface area contributed by atoms with Crippen molar-refractivity contribution in [1.82, 2.24) is 10.4 Å². The van der Waals surface area contributed by atoms with Gasteiger partial charge in [-0.25, -0.2) is 9.80 Å².